The van der Waals surface area contributed by atoms with Crippen molar-refractivity contribution in [3.05, 3.63) is 47.3 Å². The second-order valence-electron chi connectivity index (χ2n) is 6.44. The Kier molecular flexibility index (Phi) is 5.73. The van der Waals surface area contributed by atoms with Crippen LogP contribution in [0.3, 0.4) is 0 Å². The van der Waals surface area contributed by atoms with E-state index in [1.807, 2.05) is 0 Å². The van der Waals surface area contributed by atoms with Gasteiger partial charge in [-0.05, 0) is 67.3 Å². The molecule has 2 N–H and O–H groups in total. The lowest BCUT2D eigenvalue weighted by Gasteiger charge is -2.18. The van der Waals surface area contributed by atoms with E-state index in [0.29, 0.717) is 17.2 Å². The van der Waals surface area contributed by atoms with E-state index in [4.69, 9.17) is 0 Å². The Hall–Kier alpha value is -2.19. The lowest BCUT2D eigenvalue weighted by molar-refractivity contribution is 0.0954. The van der Waals surface area contributed by atoms with Gasteiger partial charge in [-0.15, -0.1) is 11.3 Å². The topological polar surface area (TPSA) is 87.6 Å². The van der Waals surface area contributed by atoms with Crippen molar-refractivity contribution in [2.75, 3.05) is 4.72 Å². The van der Waals surface area contributed by atoms with Crippen LogP contribution in [-0.4, -0.2) is 20.0 Å². The Labute approximate surface area is 157 Å². The molecule has 1 saturated carbocycles. The van der Waals surface area contributed by atoms with Crippen LogP contribution in [0.1, 0.15) is 43.0 Å². The highest BCUT2D eigenvalue weighted by atomic mass is 32.2. The summed E-state index contributed by atoms with van der Waals surface area (Å²) in [5.41, 5.74) is 4.45. The molecule has 1 heterocycles. The summed E-state index contributed by atoms with van der Waals surface area (Å²) in [6.45, 7) is 2.19. The first-order valence-electron chi connectivity index (χ1n) is 8.46. The minimum Gasteiger partial charge on any atom is -0.279 e. The molecular formula is C18H21N3O3S2. The van der Waals surface area contributed by atoms with E-state index >= 15 is 0 Å². The molecular weight excluding hydrogens is 370 g/mol. The van der Waals surface area contributed by atoms with E-state index in [1.54, 1.807) is 41.8 Å². The molecule has 6 nitrogen and oxygen atoms in total. The molecule has 0 radical (unpaired) electrons. The molecule has 1 aromatic carbocycles. The van der Waals surface area contributed by atoms with Crippen molar-refractivity contribution < 1.29 is 13.2 Å². The molecule has 2 aromatic rings. The third-order valence-electron chi connectivity index (χ3n) is 4.22. The number of carbonyl (C=O) groups excluding carboxylic acids is 1. The van der Waals surface area contributed by atoms with Gasteiger partial charge in [0.1, 0.15) is 4.21 Å². The first-order chi connectivity index (χ1) is 12.4. The van der Waals surface area contributed by atoms with Crippen molar-refractivity contribution in [1.29, 1.82) is 0 Å². The Morgan fingerprint density at radius 3 is 2.65 bits per heavy atom. The number of hydrazone groups is 1. The fourth-order valence-electron chi connectivity index (χ4n) is 2.87. The Bertz CT molecular complexity index is 888. The van der Waals surface area contributed by atoms with Crippen LogP contribution in [0.2, 0.25) is 0 Å². The van der Waals surface area contributed by atoms with Gasteiger partial charge in [-0.1, -0.05) is 13.0 Å². The van der Waals surface area contributed by atoms with Gasteiger partial charge < -0.3 is 0 Å². The van der Waals surface area contributed by atoms with Crippen molar-refractivity contribution in [3.63, 3.8) is 0 Å². The van der Waals surface area contributed by atoms with E-state index in [9.17, 15) is 13.2 Å². The zero-order valence-electron chi connectivity index (χ0n) is 14.4. The number of sulfonamides is 1. The number of benzene rings is 1. The summed E-state index contributed by atoms with van der Waals surface area (Å²) in [6, 6.07) is 9.50. The number of hydrogen-bond acceptors (Lipinski definition) is 5. The Balaban J connectivity index is 1.62. The summed E-state index contributed by atoms with van der Waals surface area (Å²) >= 11 is 1.15. The van der Waals surface area contributed by atoms with Crippen LogP contribution in [0, 0.1) is 5.92 Å². The zero-order valence-corrected chi connectivity index (χ0v) is 16.1. The molecule has 1 aliphatic rings. The number of amides is 1. The largest absolute Gasteiger partial charge is 0.279 e. The highest BCUT2D eigenvalue weighted by molar-refractivity contribution is 7.94. The number of anilines is 1. The number of carbonyl (C=O) groups is 1. The third-order valence-corrected chi connectivity index (χ3v) is 7.00. The second-order valence-corrected chi connectivity index (χ2v) is 9.29. The molecule has 8 heteroatoms. The second kappa shape index (κ2) is 8.01. The fraction of sp³-hybridized carbons (Fsp3) is 0.333. The van der Waals surface area contributed by atoms with E-state index in [2.05, 4.69) is 22.2 Å². The van der Waals surface area contributed by atoms with Gasteiger partial charge >= 0.3 is 0 Å². The van der Waals surface area contributed by atoms with Crippen molar-refractivity contribution in [1.82, 2.24) is 5.43 Å². The van der Waals surface area contributed by atoms with Crippen LogP contribution in [0.5, 0.6) is 0 Å². The molecule has 1 fully saturated rings. The highest BCUT2D eigenvalue weighted by Gasteiger charge is 2.16. The maximum Gasteiger partial charge on any atom is 0.271 e. The predicted molar refractivity (Wildman–Crippen MR) is 104 cm³/mol. The first kappa shape index (κ1) is 18.6. The minimum atomic E-state index is -3.59. The van der Waals surface area contributed by atoms with Gasteiger partial charge in [-0.25, -0.2) is 13.8 Å². The molecule has 0 spiro atoms. The average molecular weight is 392 g/mol. The van der Waals surface area contributed by atoms with Gasteiger partial charge in [0.2, 0.25) is 0 Å². The van der Waals surface area contributed by atoms with Crippen LogP contribution in [0.4, 0.5) is 5.69 Å². The molecule has 26 heavy (non-hydrogen) atoms. The minimum absolute atomic E-state index is 0.247. The number of rotatable bonds is 5. The molecule has 1 unspecified atom stereocenters. The summed E-state index contributed by atoms with van der Waals surface area (Å²) in [4.78, 5) is 12.2. The molecule has 0 saturated heterocycles. The number of thiophene rings is 1. The zero-order chi connectivity index (χ0) is 18.6. The molecule has 3 rings (SSSR count). The summed E-state index contributed by atoms with van der Waals surface area (Å²) in [7, 11) is -3.59. The molecule has 1 aromatic heterocycles. The van der Waals surface area contributed by atoms with Crippen LogP contribution < -0.4 is 10.1 Å². The number of nitrogens with zero attached hydrogens (tertiary/aromatic N) is 1. The number of hydrogen-bond donors (Lipinski definition) is 2. The average Bonchev–Trinajstić information content (AvgIpc) is 3.16. The van der Waals surface area contributed by atoms with Crippen LogP contribution >= 0.6 is 11.3 Å². The monoisotopic (exact) mass is 391 g/mol. The normalized spacial score (nSPS) is 19.3. The third kappa shape index (κ3) is 4.70. The first-order valence-corrected chi connectivity index (χ1v) is 10.8. The molecule has 0 aliphatic heterocycles. The van der Waals surface area contributed by atoms with Gasteiger partial charge in [0.25, 0.3) is 15.9 Å². The summed E-state index contributed by atoms with van der Waals surface area (Å²) in [5.74, 6) is 0.304. The number of nitrogens with one attached hydrogen (secondary N) is 2. The summed E-state index contributed by atoms with van der Waals surface area (Å²) in [6.07, 6.45) is 4.16. The maximum atomic E-state index is 12.2. The Morgan fingerprint density at radius 1 is 1.23 bits per heavy atom. The van der Waals surface area contributed by atoms with Crippen LogP contribution in [0.15, 0.2) is 51.1 Å². The highest BCUT2D eigenvalue weighted by Crippen LogP contribution is 2.22. The predicted octanol–water partition coefficient (Wildman–Crippen LogP) is 3.84. The van der Waals surface area contributed by atoms with Crippen molar-refractivity contribution in [3.8, 4) is 0 Å². The molecule has 0 bridgehead atoms. The molecule has 1 amide bonds. The maximum absolute atomic E-state index is 12.2. The van der Waals surface area contributed by atoms with Gasteiger partial charge in [0, 0.05) is 17.0 Å². The van der Waals surface area contributed by atoms with Gasteiger partial charge in [0.05, 0.1) is 0 Å². The standard InChI is InChI=1S/C18H21N3O3S2/c1-13-4-2-5-16(12-13)19-20-18(22)14-7-9-15(10-8-14)21-26(23,24)17-6-3-11-25-17/h3,6-11,13,21H,2,4-5,12H2,1H3,(H,20,22)/b19-16+. The summed E-state index contributed by atoms with van der Waals surface area (Å²) in [5, 5.41) is 5.94. The van der Waals surface area contributed by atoms with Crippen LogP contribution in [-0.2, 0) is 10.0 Å². The van der Waals surface area contributed by atoms with Gasteiger partial charge in [0.15, 0.2) is 0 Å². The van der Waals surface area contributed by atoms with Crippen molar-refractivity contribution in [2.24, 2.45) is 11.0 Å². The van der Waals surface area contributed by atoms with E-state index in [-0.39, 0.29) is 10.1 Å². The van der Waals surface area contributed by atoms with E-state index in [1.165, 1.54) is 6.42 Å². The smallest absolute Gasteiger partial charge is 0.271 e. The fourth-order valence-corrected chi connectivity index (χ4v) is 4.92. The van der Waals surface area contributed by atoms with Gasteiger partial charge in [-0.3, -0.25) is 9.52 Å². The summed E-state index contributed by atoms with van der Waals surface area (Å²) < 4.78 is 27.1. The van der Waals surface area contributed by atoms with Crippen molar-refractivity contribution in [2.45, 2.75) is 36.8 Å². The molecule has 1 atom stereocenters. The SMILES string of the molecule is CC1CCC/C(=N\NC(=O)c2ccc(NS(=O)(=O)c3cccs3)cc2)C1. The quantitative estimate of drug-likeness (QED) is 0.759. The lowest BCUT2D eigenvalue weighted by Crippen LogP contribution is -2.22. The Morgan fingerprint density at radius 2 is 2.00 bits per heavy atom. The van der Waals surface area contributed by atoms with Gasteiger partial charge in [-0.2, -0.15) is 5.10 Å². The molecule has 1 aliphatic carbocycles. The lowest BCUT2D eigenvalue weighted by atomic mass is 9.89. The van der Waals surface area contributed by atoms with E-state index < -0.39 is 10.0 Å². The van der Waals surface area contributed by atoms with E-state index in [0.717, 1.165) is 36.3 Å². The van der Waals surface area contributed by atoms with Crippen LogP contribution in [0.25, 0.3) is 0 Å². The van der Waals surface area contributed by atoms with Crippen molar-refractivity contribution >= 4 is 38.7 Å². The molecule has 138 valence electrons.